The summed E-state index contributed by atoms with van der Waals surface area (Å²) in [6.45, 7) is 5.60. The summed E-state index contributed by atoms with van der Waals surface area (Å²) in [6.07, 6.45) is 2.37. The van der Waals surface area contributed by atoms with E-state index in [4.69, 9.17) is 0 Å². The standard InChI is InChI=1S/C16H23NO2/c1-12(2)10-13-5-7-14(8-6-13)16(19)17-9-3-4-15(18)11-17/h5-8,12,15,18H,3-4,9-11H2,1-2H3. The number of likely N-dealkylation sites (tertiary alicyclic amines) is 1. The van der Waals surface area contributed by atoms with E-state index in [1.807, 2.05) is 24.3 Å². The second-order valence-electron chi connectivity index (χ2n) is 5.84. The van der Waals surface area contributed by atoms with Crippen LogP contribution in [0.15, 0.2) is 24.3 Å². The summed E-state index contributed by atoms with van der Waals surface area (Å²) in [5.41, 5.74) is 1.99. The van der Waals surface area contributed by atoms with Crippen LogP contribution in [0.1, 0.15) is 42.6 Å². The molecule has 0 radical (unpaired) electrons. The van der Waals surface area contributed by atoms with Crippen molar-refractivity contribution < 1.29 is 9.90 Å². The molecule has 1 aromatic carbocycles. The minimum absolute atomic E-state index is 0.0369. The number of benzene rings is 1. The molecule has 0 aromatic heterocycles. The zero-order chi connectivity index (χ0) is 13.8. The zero-order valence-corrected chi connectivity index (χ0v) is 11.8. The highest BCUT2D eigenvalue weighted by Gasteiger charge is 2.22. The first-order valence-corrected chi connectivity index (χ1v) is 7.12. The maximum absolute atomic E-state index is 12.3. The van der Waals surface area contributed by atoms with Crippen LogP contribution in [-0.4, -0.2) is 35.1 Å². The lowest BCUT2D eigenvalue weighted by atomic mass is 10.0. The average Bonchev–Trinajstić information content (AvgIpc) is 2.38. The highest BCUT2D eigenvalue weighted by molar-refractivity contribution is 5.94. The quantitative estimate of drug-likeness (QED) is 0.908. The highest BCUT2D eigenvalue weighted by Crippen LogP contribution is 2.15. The van der Waals surface area contributed by atoms with Crippen molar-refractivity contribution in [3.05, 3.63) is 35.4 Å². The van der Waals surface area contributed by atoms with Gasteiger partial charge in [-0.25, -0.2) is 0 Å². The van der Waals surface area contributed by atoms with E-state index in [2.05, 4.69) is 13.8 Å². The second kappa shape index (κ2) is 6.20. The lowest BCUT2D eigenvalue weighted by Crippen LogP contribution is -2.42. The molecule has 1 N–H and O–H groups in total. The molecular weight excluding hydrogens is 238 g/mol. The molecule has 1 aliphatic heterocycles. The minimum atomic E-state index is -0.363. The first-order chi connectivity index (χ1) is 9.06. The Bertz CT molecular complexity index is 425. The van der Waals surface area contributed by atoms with Gasteiger partial charge in [-0.3, -0.25) is 4.79 Å². The number of hydrogen-bond acceptors (Lipinski definition) is 2. The van der Waals surface area contributed by atoms with E-state index in [-0.39, 0.29) is 12.0 Å². The molecule has 3 heteroatoms. The van der Waals surface area contributed by atoms with Gasteiger partial charge in [0.1, 0.15) is 0 Å². The van der Waals surface area contributed by atoms with E-state index in [0.717, 1.165) is 31.4 Å². The van der Waals surface area contributed by atoms with Gasteiger partial charge in [0.2, 0.25) is 0 Å². The summed E-state index contributed by atoms with van der Waals surface area (Å²) < 4.78 is 0. The largest absolute Gasteiger partial charge is 0.391 e. The van der Waals surface area contributed by atoms with Crippen LogP contribution in [0.3, 0.4) is 0 Å². The van der Waals surface area contributed by atoms with Crippen LogP contribution in [0.5, 0.6) is 0 Å². The molecule has 1 aromatic rings. The van der Waals surface area contributed by atoms with Crippen molar-refractivity contribution in [1.29, 1.82) is 0 Å². The molecule has 104 valence electrons. The van der Waals surface area contributed by atoms with Crippen molar-refractivity contribution in [2.75, 3.05) is 13.1 Å². The minimum Gasteiger partial charge on any atom is -0.391 e. The maximum Gasteiger partial charge on any atom is 0.253 e. The third-order valence-electron chi connectivity index (χ3n) is 3.53. The molecule has 1 unspecified atom stereocenters. The Hall–Kier alpha value is -1.35. The van der Waals surface area contributed by atoms with Crippen LogP contribution in [0.4, 0.5) is 0 Å². The molecule has 1 atom stereocenters. The van der Waals surface area contributed by atoms with Crippen LogP contribution >= 0.6 is 0 Å². The predicted molar refractivity (Wildman–Crippen MR) is 76.1 cm³/mol. The fourth-order valence-electron chi connectivity index (χ4n) is 2.58. The molecule has 0 saturated carbocycles. The summed E-state index contributed by atoms with van der Waals surface area (Å²) >= 11 is 0. The lowest BCUT2D eigenvalue weighted by Gasteiger charge is -2.30. The molecule has 3 nitrogen and oxygen atoms in total. The lowest BCUT2D eigenvalue weighted by molar-refractivity contribution is 0.0474. The second-order valence-corrected chi connectivity index (χ2v) is 5.84. The van der Waals surface area contributed by atoms with Gasteiger partial charge < -0.3 is 10.0 Å². The zero-order valence-electron chi connectivity index (χ0n) is 11.8. The van der Waals surface area contributed by atoms with E-state index in [9.17, 15) is 9.90 Å². The number of amides is 1. The molecule has 2 rings (SSSR count). The predicted octanol–water partition coefficient (Wildman–Crippen LogP) is 2.48. The van der Waals surface area contributed by atoms with Gasteiger partial charge in [0.05, 0.1) is 6.10 Å². The van der Waals surface area contributed by atoms with Crippen LogP contribution in [0.2, 0.25) is 0 Å². The number of aliphatic hydroxyl groups is 1. The maximum atomic E-state index is 12.3. The Morgan fingerprint density at radius 3 is 2.63 bits per heavy atom. The molecule has 1 fully saturated rings. The van der Waals surface area contributed by atoms with Crippen molar-refractivity contribution in [2.24, 2.45) is 5.92 Å². The molecule has 0 spiro atoms. The van der Waals surface area contributed by atoms with Gasteiger partial charge >= 0.3 is 0 Å². The Labute approximate surface area is 115 Å². The van der Waals surface area contributed by atoms with Gasteiger partial charge in [-0.15, -0.1) is 0 Å². The number of piperidine rings is 1. The van der Waals surface area contributed by atoms with Gasteiger partial charge in [-0.1, -0.05) is 26.0 Å². The fourth-order valence-corrected chi connectivity index (χ4v) is 2.58. The monoisotopic (exact) mass is 261 g/mol. The van der Waals surface area contributed by atoms with Crippen molar-refractivity contribution in [1.82, 2.24) is 4.90 Å². The summed E-state index contributed by atoms with van der Waals surface area (Å²) in [6, 6.07) is 7.88. The average molecular weight is 261 g/mol. The smallest absolute Gasteiger partial charge is 0.253 e. The number of rotatable bonds is 3. The molecule has 1 heterocycles. The number of carbonyl (C=O) groups excluding carboxylic acids is 1. The summed E-state index contributed by atoms with van der Waals surface area (Å²) in [5.74, 6) is 0.661. The number of β-amino-alcohol motifs (C(OH)–C–C–N with tert-alkyl or cyclic N) is 1. The summed E-state index contributed by atoms with van der Waals surface area (Å²) in [4.78, 5) is 14.0. The number of hydrogen-bond donors (Lipinski definition) is 1. The Kier molecular flexibility index (Phi) is 4.59. The molecule has 1 amide bonds. The number of aliphatic hydroxyl groups excluding tert-OH is 1. The summed E-state index contributed by atoms with van der Waals surface area (Å²) in [7, 11) is 0. The van der Waals surface area contributed by atoms with E-state index in [1.165, 1.54) is 5.56 Å². The topological polar surface area (TPSA) is 40.5 Å². The third kappa shape index (κ3) is 3.80. The van der Waals surface area contributed by atoms with Gasteiger partial charge in [0, 0.05) is 18.7 Å². The molecule has 0 bridgehead atoms. The van der Waals surface area contributed by atoms with Gasteiger partial charge in [0.15, 0.2) is 0 Å². The Balaban J connectivity index is 2.02. The van der Waals surface area contributed by atoms with Crippen LogP contribution in [0, 0.1) is 5.92 Å². The van der Waals surface area contributed by atoms with Crippen molar-refractivity contribution in [3.63, 3.8) is 0 Å². The molecule has 0 aliphatic carbocycles. The van der Waals surface area contributed by atoms with E-state index < -0.39 is 0 Å². The third-order valence-corrected chi connectivity index (χ3v) is 3.53. The number of carbonyl (C=O) groups is 1. The fraction of sp³-hybridized carbons (Fsp3) is 0.562. The van der Waals surface area contributed by atoms with E-state index >= 15 is 0 Å². The summed E-state index contributed by atoms with van der Waals surface area (Å²) in [5, 5.41) is 9.62. The molecule has 1 saturated heterocycles. The molecule has 19 heavy (non-hydrogen) atoms. The Morgan fingerprint density at radius 2 is 2.05 bits per heavy atom. The highest BCUT2D eigenvalue weighted by atomic mass is 16.3. The normalized spacial score (nSPS) is 19.8. The van der Waals surface area contributed by atoms with Crippen LogP contribution < -0.4 is 0 Å². The van der Waals surface area contributed by atoms with E-state index in [0.29, 0.717) is 12.5 Å². The SMILES string of the molecule is CC(C)Cc1ccc(C(=O)N2CCCC(O)C2)cc1. The van der Waals surface area contributed by atoms with Crippen molar-refractivity contribution in [3.8, 4) is 0 Å². The van der Waals surface area contributed by atoms with Crippen molar-refractivity contribution in [2.45, 2.75) is 39.2 Å². The van der Waals surface area contributed by atoms with E-state index in [1.54, 1.807) is 4.90 Å². The van der Waals surface area contributed by atoms with Crippen LogP contribution in [0.25, 0.3) is 0 Å². The Morgan fingerprint density at radius 1 is 1.37 bits per heavy atom. The van der Waals surface area contributed by atoms with Crippen LogP contribution in [-0.2, 0) is 6.42 Å². The first-order valence-electron chi connectivity index (χ1n) is 7.12. The molecule has 1 aliphatic rings. The molecular formula is C16H23NO2. The van der Waals surface area contributed by atoms with Crippen molar-refractivity contribution >= 4 is 5.91 Å². The first kappa shape index (κ1) is 14.1. The van der Waals surface area contributed by atoms with Gasteiger partial charge in [0.25, 0.3) is 5.91 Å². The van der Waals surface area contributed by atoms with Gasteiger partial charge in [-0.05, 0) is 42.9 Å². The number of nitrogens with zero attached hydrogens (tertiary/aromatic N) is 1. The van der Waals surface area contributed by atoms with Gasteiger partial charge in [-0.2, -0.15) is 0 Å².